The van der Waals surface area contributed by atoms with Gasteiger partial charge in [-0.1, -0.05) is 12.1 Å². The number of carbonyl (C=O) groups excluding carboxylic acids is 1. The number of morpholine rings is 1. The van der Waals surface area contributed by atoms with Crippen LogP contribution in [0.3, 0.4) is 0 Å². The van der Waals surface area contributed by atoms with Crippen LogP contribution in [-0.2, 0) is 19.6 Å². The highest BCUT2D eigenvalue weighted by molar-refractivity contribution is 7.86. The van der Waals surface area contributed by atoms with E-state index in [1.54, 1.807) is 29.2 Å². The zero-order valence-corrected chi connectivity index (χ0v) is 12.6. The molecule has 0 aromatic heterocycles. The van der Waals surface area contributed by atoms with Gasteiger partial charge in [-0.25, -0.2) is 4.79 Å². The zero-order valence-electron chi connectivity index (χ0n) is 11.8. The summed E-state index contributed by atoms with van der Waals surface area (Å²) in [7, 11) is -2.20. The van der Waals surface area contributed by atoms with Gasteiger partial charge in [-0.05, 0) is 17.7 Å². The van der Waals surface area contributed by atoms with E-state index in [-0.39, 0.29) is 17.9 Å². The van der Waals surface area contributed by atoms with Crippen LogP contribution in [0, 0.1) is 0 Å². The molecule has 0 spiro atoms. The Hall–Kier alpha value is -1.80. The maximum atomic E-state index is 11.5. The first-order valence-electron chi connectivity index (χ1n) is 6.33. The van der Waals surface area contributed by atoms with Crippen LogP contribution < -0.4 is 4.18 Å². The van der Waals surface area contributed by atoms with Crippen LogP contribution in [-0.4, -0.2) is 52.5 Å². The second-order valence-electron chi connectivity index (χ2n) is 4.63. The molecule has 0 radical (unpaired) electrons. The number of benzene rings is 1. The minimum absolute atomic E-state index is 0.238. The van der Waals surface area contributed by atoms with Crippen molar-refractivity contribution in [2.75, 3.05) is 33.1 Å². The highest BCUT2D eigenvalue weighted by atomic mass is 32.2. The molecular formula is C13H17NO6S. The average molecular weight is 315 g/mol. The lowest BCUT2D eigenvalue weighted by atomic mass is 10.1. The Kier molecular flexibility index (Phi) is 4.69. The van der Waals surface area contributed by atoms with Gasteiger partial charge in [0.1, 0.15) is 11.9 Å². The Morgan fingerprint density at radius 1 is 1.33 bits per heavy atom. The van der Waals surface area contributed by atoms with Crippen LogP contribution >= 0.6 is 0 Å². The fourth-order valence-corrected chi connectivity index (χ4v) is 2.52. The Balaban J connectivity index is 2.06. The van der Waals surface area contributed by atoms with Gasteiger partial charge in [-0.2, -0.15) is 8.42 Å². The van der Waals surface area contributed by atoms with Gasteiger partial charge in [-0.3, -0.25) is 0 Å². The molecule has 1 aliphatic rings. The molecule has 1 amide bonds. The molecule has 1 saturated heterocycles. The first-order valence-corrected chi connectivity index (χ1v) is 8.14. The number of rotatable bonds is 3. The predicted molar refractivity (Wildman–Crippen MR) is 74.6 cm³/mol. The summed E-state index contributed by atoms with van der Waals surface area (Å²) in [4.78, 5) is 13.1. The summed E-state index contributed by atoms with van der Waals surface area (Å²) in [6.45, 7) is 1.29. The van der Waals surface area contributed by atoms with Crippen molar-refractivity contribution in [3.05, 3.63) is 29.8 Å². The van der Waals surface area contributed by atoms with Crippen LogP contribution in [0.2, 0.25) is 0 Å². The molecule has 8 heteroatoms. The third-order valence-corrected chi connectivity index (χ3v) is 3.49. The first kappa shape index (κ1) is 15.6. The third-order valence-electron chi connectivity index (χ3n) is 3.00. The summed E-state index contributed by atoms with van der Waals surface area (Å²) in [6, 6.07) is 6.53. The molecule has 1 aromatic rings. The van der Waals surface area contributed by atoms with E-state index >= 15 is 0 Å². The van der Waals surface area contributed by atoms with Crippen molar-refractivity contribution in [3.63, 3.8) is 0 Å². The zero-order chi connectivity index (χ0) is 15.5. The highest BCUT2D eigenvalue weighted by Crippen LogP contribution is 2.25. The molecule has 1 fully saturated rings. The van der Waals surface area contributed by atoms with Crippen LogP contribution in [0.1, 0.15) is 11.7 Å². The minimum Gasteiger partial charge on any atom is -0.453 e. The van der Waals surface area contributed by atoms with Crippen molar-refractivity contribution >= 4 is 16.2 Å². The first-order chi connectivity index (χ1) is 9.89. The number of hydrogen-bond donors (Lipinski definition) is 0. The van der Waals surface area contributed by atoms with E-state index in [4.69, 9.17) is 13.7 Å². The van der Waals surface area contributed by atoms with Crippen LogP contribution in [0.25, 0.3) is 0 Å². The van der Waals surface area contributed by atoms with E-state index < -0.39 is 10.1 Å². The smallest absolute Gasteiger partial charge is 0.409 e. The van der Waals surface area contributed by atoms with Gasteiger partial charge in [0.25, 0.3) is 0 Å². The molecule has 0 unspecified atom stereocenters. The molecular weight excluding hydrogens is 298 g/mol. The van der Waals surface area contributed by atoms with E-state index in [2.05, 4.69) is 0 Å². The highest BCUT2D eigenvalue weighted by Gasteiger charge is 2.25. The summed E-state index contributed by atoms with van der Waals surface area (Å²) in [5.74, 6) is 0.238. The number of carbonyl (C=O) groups is 1. The van der Waals surface area contributed by atoms with Crippen molar-refractivity contribution in [2.45, 2.75) is 6.10 Å². The fourth-order valence-electron chi connectivity index (χ4n) is 2.06. The van der Waals surface area contributed by atoms with Gasteiger partial charge in [0.05, 0.1) is 26.5 Å². The monoisotopic (exact) mass is 315 g/mol. The number of nitrogens with zero attached hydrogens (tertiary/aromatic N) is 1. The second kappa shape index (κ2) is 6.31. The molecule has 0 bridgehead atoms. The largest absolute Gasteiger partial charge is 0.453 e. The van der Waals surface area contributed by atoms with Crippen molar-refractivity contribution in [2.24, 2.45) is 0 Å². The lowest BCUT2D eigenvalue weighted by Crippen LogP contribution is -2.42. The Bertz CT molecular complexity index is 598. The van der Waals surface area contributed by atoms with E-state index in [1.165, 1.54) is 7.11 Å². The third kappa shape index (κ3) is 4.33. The lowest BCUT2D eigenvalue weighted by Gasteiger charge is -2.32. The summed E-state index contributed by atoms with van der Waals surface area (Å²) in [5, 5.41) is 0. The van der Waals surface area contributed by atoms with Gasteiger partial charge < -0.3 is 18.6 Å². The van der Waals surface area contributed by atoms with Crippen molar-refractivity contribution in [3.8, 4) is 5.75 Å². The molecule has 0 N–H and O–H groups in total. The molecule has 0 saturated carbocycles. The maximum absolute atomic E-state index is 11.5. The van der Waals surface area contributed by atoms with Gasteiger partial charge in [0.15, 0.2) is 0 Å². The molecule has 1 aromatic carbocycles. The molecule has 116 valence electrons. The Labute approximate surface area is 123 Å². The standard InChI is InChI=1S/C13H17NO6S/c1-18-13(15)14-7-8-19-12(9-14)10-3-5-11(6-4-10)20-21(2,16)17/h3-6,12H,7-9H2,1-2H3/t12-/m0/s1. The van der Waals surface area contributed by atoms with Crippen molar-refractivity contribution < 1.29 is 26.9 Å². The number of methoxy groups -OCH3 is 1. The maximum Gasteiger partial charge on any atom is 0.409 e. The van der Waals surface area contributed by atoms with Gasteiger partial charge >= 0.3 is 16.2 Å². The molecule has 2 rings (SSSR count). The molecule has 1 heterocycles. The Morgan fingerprint density at radius 2 is 2.00 bits per heavy atom. The number of ether oxygens (including phenoxy) is 2. The molecule has 1 atom stereocenters. The van der Waals surface area contributed by atoms with Crippen LogP contribution in [0.15, 0.2) is 24.3 Å². The van der Waals surface area contributed by atoms with E-state index in [0.717, 1.165) is 11.8 Å². The SMILES string of the molecule is COC(=O)N1CCO[C@H](c2ccc(OS(C)(=O)=O)cc2)C1. The summed E-state index contributed by atoms with van der Waals surface area (Å²) in [5.41, 5.74) is 0.837. The van der Waals surface area contributed by atoms with Gasteiger partial charge in [0.2, 0.25) is 0 Å². The molecule has 7 nitrogen and oxygen atoms in total. The summed E-state index contributed by atoms with van der Waals surface area (Å²) >= 11 is 0. The van der Waals surface area contributed by atoms with Crippen LogP contribution in [0.5, 0.6) is 5.75 Å². The van der Waals surface area contributed by atoms with Crippen molar-refractivity contribution in [1.82, 2.24) is 4.90 Å². The fraction of sp³-hybridized carbons (Fsp3) is 0.462. The average Bonchev–Trinajstić information content (AvgIpc) is 2.45. The summed E-state index contributed by atoms with van der Waals surface area (Å²) < 4.78 is 37.1. The normalized spacial score (nSPS) is 19.1. The second-order valence-corrected chi connectivity index (χ2v) is 6.21. The number of hydrogen-bond acceptors (Lipinski definition) is 6. The summed E-state index contributed by atoms with van der Waals surface area (Å²) in [6.07, 6.45) is 0.324. The van der Waals surface area contributed by atoms with E-state index in [9.17, 15) is 13.2 Å². The van der Waals surface area contributed by atoms with Crippen LogP contribution in [0.4, 0.5) is 4.79 Å². The predicted octanol–water partition coefficient (Wildman–Crippen LogP) is 1.16. The Morgan fingerprint density at radius 3 is 2.57 bits per heavy atom. The van der Waals surface area contributed by atoms with Crippen molar-refractivity contribution in [1.29, 1.82) is 0 Å². The topological polar surface area (TPSA) is 82.1 Å². The molecule has 1 aliphatic heterocycles. The van der Waals surface area contributed by atoms with Gasteiger partial charge in [-0.15, -0.1) is 0 Å². The molecule has 21 heavy (non-hydrogen) atoms. The van der Waals surface area contributed by atoms with E-state index in [0.29, 0.717) is 19.7 Å². The quantitative estimate of drug-likeness (QED) is 0.779. The lowest BCUT2D eigenvalue weighted by molar-refractivity contribution is -0.0258. The molecule has 0 aliphatic carbocycles. The number of amides is 1. The minimum atomic E-state index is -3.54. The van der Waals surface area contributed by atoms with Gasteiger partial charge in [0, 0.05) is 6.54 Å². The van der Waals surface area contributed by atoms with E-state index in [1.807, 2.05) is 0 Å².